The molecular weight excluding hydrogens is 188 g/mol. The molecule has 0 aliphatic rings. The van der Waals surface area contributed by atoms with Crippen LogP contribution in [0.4, 0.5) is 0 Å². The van der Waals surface area contributed by atoms with E-state index < -0.39 is 0 Å². The summed E-state index contributed by atoms with van der Waals surface area (Å²) in [5.41, 5.74) is 1.84. The standard InChI is InChI=1S/C12H8N2O/c13-7-9-5-6-11(14-8-9)10-3-1-2-4-12(10)15/h1-6,8,15H. The molecule has 3 heteroatoms. The molecule has 1 aromatic heterocycles. The largest absolute Gasteiger partial charge is 0.507 e. The number of nitrogens with zero attached hydrogens (tertiary/aromatic N) is 2. The van der Waals surface area contributed by atoms with Crippen molar-refractivity contribution in [3.8, 4) is 23.1 Å². The average molecular weight is 196 g/mol. The van der Waals surface area contributed by atoms with Crippen LogP contribution in [0.15, 0.2) is 42.6 Å². The number of nitriles is 1. The number of phenols is 1. The highest BCUT2D eigenvalue weighted by Crippen LogP contribution is 2.26. The highest BCUT2D eigenvalue weighted by Gasteiger charge is 2.03. The van der Waals surface area contributed by atoms with Crippen molar-refractivity contribution in [2.75, 3.05) is 0 Å². The Hall–Kier alpha value is -2.34. The van der Waals surface area contributed by atoms with Crippen LogP contribution in [-0.2, 0) is 0 Å². The first-order chi connectivity index (χ1) is 7.31. The Kier molecular flexibility index (Phi) is 2.34. The van der Waals surface area contributed by atoms with E-state index in [-0.39, 0.29) is 5.75 Å². The normalized spacial score (nSPS) is 9.53. The van der Waals surface area contributed by atoms with Crippen LogP contribution >= 0.6 is 0 Å². The molecule has 0 fully saturated rings. The number of para-hydroxylation sites is 1. The maximum atomic E-state index is 9.59. The predicted molar refractivity (Wildman–Crippen MR) is 56.1 cm³/mol. The van der Waals surface area contributed by atoms with Crippen LogP contribution in [0.2, 0.25) is 0 Å². The quantitative estimate of drug-likeness (QED) is 0.761. The van der Waals surface area contributed by atoms with Crippen LogP contribution in [0.3, 0.4) is 0 Å². The van der Waals surface area contributed by atoms with Gasteiger partial charge < -0.3 is 5.11 Å². The molecule has 0 unspecified atom stereocenters. The topological polar surface area (TPSA) is 56.9 Å². The zero-order valence-electron chi connectivity index (χ0n) is 7.88. The zero-order valence-corrected chi connectivity index (χ0v) is 7.88. The molecule has 0 bridgehead atoms. The van der Waals surface area contributed by atoms with Crippen LogP contribution < -0.4 is 0 Å². The van der Waals surface area contributed by atoms with Gasteiger partial charge in [0.05, 0.1) is 11.3 Å². The Morgan fingerprint density at radius 3 is 2.53 bits per heavy atom. The lowest BCUT2D eigenvalue weighted by atomic mass is 10.1. The second kappa shape index (κ2) is 3.81. The first kappa shape index (κ1) is 9.22. The molecule has 1 aromatic carbocycles. The molecule has 0 saturated heterocycles. The molecule has 0 amide bonds. The van der Waals surface area contributed by atoms with E-state index in [1.54, 1.807) is 30.3 Å². The zero-order chi connectivity index (χ0) is 10.7. The number of hydrogen-bond acceptors (Lipinski definition) is 3. The Morgan fingerprint density at radius 2 is 1.93 bits per heavy atom. The number of aromatic nitrogens is 1. The fourth-order valence-electron chi connectivity index (χ4n) is 1.31. The van der Waals surface area contributed by atoms with Gasteiger partial charge in [0.15, 0.2) is 0 Å². The average Bonchev–Trinajstić information content (AvgIpc) is 2.30. The molecule has 15 heavy (non-hydrogen) atoms. The molecule has 1 heterocycles. The third kappa shape index (κ3) is 1.79. The van der Waals surface area contributed by atoms with Gasteiger partial charge in [-0.1, -0.05) is 12.1 Å². The summed E-state index contributed by atoms with van der Waals surface area (Å²) in [6.45, 7) is 0. The first-order valence-electron chi connectivity index (χ1n) is 4.46. The fourth-order valence-corrected chi connectivity index (χ4v) is 1.31. The van der Waals surface area contributed by atoms with E-state index in [0.29, 0.717) is 16.8 Å². The molecule has 1 N–H and O–H groups in total. The number of rotatable bonds is 1. The number of benzene rings is 1. The number of pyridine rings is 1. The van der Waals surface area contributed by atoms with Gasteiger partial charge >= 0.3 is 0 Å². The number of hydrogen-bond donors (Lipinski definition) is 1. The molecule has 3 nitrogen and oxygen atoms in total. The molecule has 0 spiro atoms. The molecule has 0 aliphatic carbocycles. The molecule has 2 rings (SSSR count). The summed E-state index contributed by atoms with van der Waals surface area (Å²) in [6, 6.07) is 12.4. The van der Waals surface area contributed by atoms with Gasteiger partial charge in [0, 0.05) is 11.8 Å². The van der Waals surface area contributed by atoms with Gasteiger partial charge in [-0.05, 0) is 24.3 Å². The smallest absolute Gasteiger partial charge is 0.124 e. The Labute approximate surface area is 87.3 Å². The Balaban J connectivity index is 2.47. The van der Waals surface area contributed by atoms with Crippen molar-refractivity contribution < 1.29 is 5.11 Å². The van der Waals surface area contributed by atoms with Gasteiger partial charge in [0.2, 0.25) is 0 Å². The third-order valence-corrected chi connectivity index (χ3v) is 2.07. The maximum absolute atomic E-state index is 9.59. The second-order valence-electron chi connectivity index (χ2n) is 3.06. The SMILES string of the molecule is N#Cc1ccc(-c2ccccc2O)nc1. The van der Waals surface area contributed by atoms with E-state index >= 15 is 0 Å². The lowest BCUT2D eigenvalue weighted by Gasteiger charge is -2.02. The minimum Gasteiger partial charge on any atom is -0.507 e. The van der Waals surface area contributed by atoms with Crippen molar-refractivity contribution in [2.45, 2.75) is 0 Å². The summed E-state index contributed by atoms with van der Waals surface area (Å²) < 4.78 is 0. The van der Waals surface area contributed by atoms with Crippen LogP contribution in [0.1, 0.15) is 5.56 Å². The van der Waals surface area contributed by atoms with E-state index in [1.165, 1.54) is 6.20 Å². The van der Waals surface area contributed by atoms with Gasteiger partial charge in [-0.15, -0.1) is 0 Å². The first-order valence-corrected chi connectivity index (χ1v) is 4.46. The fraction of sp³-hybridized carbons (Fsp3) is 0. The summed E-state index contributed by atoms with van der Waals surface area (Å²) in [6.07, 6.45) is 1.49. The minimum absolute atomic E-state index is 0.190. The highest BCUT2D eigenvalue weighted by molar-refractivity contribution is 5.66. The summed E-state index contributed by atoms with van der Waals surface area (Å²) in [7, 11) is 0. The summed E-state index contributed by atoms with van der Waals surface area (Å²) in [5.74, 6) is 0.190. The lowest BCUT2D eigenvalue weighted by Crippen LogP contribution is -1.84. The molecule has 72 valence electrons. The van der Waals surface area contributed by atoms with Crippen molar-refractivity contribution in [1.29, 1.82) is 5.26 Å². The van der Waals surface area contributed by atoms with Crippen LogP contribution in [0.25, 0.3) is 11.3 Å². The summed E-state index contributed by atoms with van der Waals surface area (Å²) >= 11 is 0. The van der Waals surface area contributed by atoms with Gasteiger partial charge in [-0.25, -0.2) is 0 Å². The van der Waals surface area contributed by atoms with Gasteiger partial charge in [0.25, 0.3) is 0 Å². The van der Waals surface area contributed by atoms with Gasteiger partial charge in [-0.3, -0.25) is 4.98 Å². The monoisotopic (exact) mass is 196 g/mol. The van der Waals surface area contributed by atoms with Crippen LogP contribution in [0.5, 0.6) is 5.75 Å². The second-order valence-corrected chi connectivity index (χ2v) is 3.06. The number of aromatic hydroxyl groups is 1. The van der Waals surface area contributed by atoms with Gasteiger partial charge in [-0.2, -0.15) is 5.26 Å². The number of phenolic OH excluding ortho intramolecular Hbond substituents is 1. The van der Waals surface area contributed by atoms with E-state index in [2.05, 4.69) is 4.98 Å². The molecule has 0 aliphatic heterocycles. The van der Waals surface area contributed by atoms with E-state index in [0.717, 1.165) is 0 Å². The molecule has 0 radical (unpaired) electrons. The minimum atomic E-state index is 0.190. The van der Waals surface area contributed by atoms with Crippen molar-refractivity contribution in [3.05, 3.63) is 48.2 Å². The summed E-state index contributed by atoms with van der Waals surface area (Å²) in [5, 5.41) is 18.2. The predicted octanol–water partition coefficient (Wildman–Crippen LogP) is 2.33. The maximum Gasteiger partial charge on any atom is 0.124 e. The highest BCUT2D eigenvalue weighted by atomic mass is 16.3. The van der Waals surface area contributed by atoms with Crippen molar-refractivity contribution in [3.63, 3.8) is 0 Å². The van der Waals surface area contributed by atoms with Gasteiger partial charge in [0.1, 0.15) is 11.8 Å². The van der Waals surface area contributed by atoms with Crippen LogP contribution in [-0.4, -0.2) is 10.1 Å². The van der Waals surface area contributed by atoms with E-state index in [9.17, 15) is 5.11 Å². The van der Waals surface area contributed by atoms with Crippen LogP contribution in [0, 0.1) is 11.3 Å². The Bertz CT molecular complexity index is 512. The molecule has 0 saturated carbocycles. The van der Waals surface area contributed by atoms with E-state index in [1.807, 2.05) is 12.1 Å². The van der Waals surface area contributed by atoms with Crippen molar-refractivity contribution in [1.82, 2.24) is 4.98 Å². The summed E-state index contributed by atoms with van der Waals surface area (Å²) in [4.78, 5) is 4.10. The molecule has 0 atom stereocenters. The molecule has 2 aromatic rings. The van der Waals surface area contributed by atoms with Crippen molar-refractivity contribution >= 4 is 0 Å². The van der Waals surface area contributed by atoms with Crippen molar-refractivity contribution in [2.24, 2.45) is 0 Å². The third-order valence-electron chi connectivity index (χ3n) is 2.07. The lowest BCUT2D eigenvalue weighted by molar-refractivity contribution is 0.477. The molecular formula is C12H8N2O. The Morgan fingerprint density at radius 1 is 1.13 bits per heavy atom. The van der Waals surface area contributed by atoms with E-state index in [4.69, 9.17) is 5.26 Å².